The van der Waals surface area contributed by atoms with E-state index in [1.54, 1.807) is 0 Å². The van der Waals surface area contributed by atoms with Crippen molar-refractivity contribution in [2.45, 2.75) is 18.6 Å². The van der Waals surface area contributed by atoms with Gasteiger partial charge in [0.05, 0.1) is 36.2 Å². The summed E-state index contributed by atoms with van der Waals surface area (Å²) in [6.45, 7) is 0.748. The molecule has 10 heteroatoms. The number of nitrogens with two attached hydrogens (primary N) is 2. The number of fused-ring (bicyclic) bond motifs is 1. The Balaban J connectivity index is 1.90. The molecule has 2 aromatic heterocycles. The number of anilines is 1. The van der Waals surface area contributed by atoms with E-state index in [0.717, 1.165) is 0 Å². The van der Waals surface area contributed by atoms with Crippen LogP contribution in [0.4, 0.5) is 5.82 Å². The summed E-state index contributed by atoms with van der Waals surface area (Å²) in [5.41, 5.74) is 12.8. The van der Waals surface area contributed by atoms with Gasteiger partial charge in [-0.25, -0.2) is 9.97 Å². The summed E-state index contributed by atoms with van der Waals surface area (Å²) in [5.74, 6) is 6.16. The van der Waals surface area contributed by atoms with Crippen LogP contribution in [-0.2, 0) is 13.8 Å². The first-order chi connectivity index (χ1) is 11.6. The minimum atomic E-state index is -2.62. The predicted molar refractivity (Wildman–Crippen MR) is 87.0 cm³/mol. The van der Waals surface area contributed by atoms with Gasteiger partial charge in [0.1, 0.15) is 24.4 Å². The van der Waals surface area contributed by atoms with Gasteiger partial charge in [0.25, 0.3) is 0 Å². The highest BCUT2D eigenvalue weighted by Crippen LogP contribution is 2.32. The summed E-state index contributed by atoms with van der Waals surface area (Å²) in [6, 6.07) is 0.000370. The van der Waals surface area contributed by atoms with Gasteiger partial charge in [-0.1, -0.05) is 11.8 Å². The Hall–Kier alpha value is -2.08. The molecule has 0 radical (unpaired) electrons. The molecule has 1 fully saturated rings. The van der Waals surface area contributed by atoms with E-state index in [1.807, 2.05) is 10.8 Å². The second kappa shape index (κ2) is 7.21. The molecule has 0 spiro atoms. The fourth-order valence-electron chi connectivity index (χ4n) is 2.77. The number of hydrogen-bond donors (Lipinski definition) is 3. The third-order valence-corrected chi connectivity index (χ3v) is 4.16. The molecular formula is C14H17N5O4P+. The van der Waals surface area contributed by atoms with Crippen LogP contribution < -0.4 is 11.5 Å². The van der Waals surface area contributed by atoms with Crippen LogP contribution in [0.5, 0.6) is 0 Å². The maximum atomic E-state index is 10.6. The molecular weight excluding hydrogens is 333 g/mol. The molecule has 24 heavy (non-hydrogen) atoms. The summed E-state index contributed by atoms with van der Waals surface area (Å²) >= 11 is 0. The lowest BCUT2D eigenvalue weighted by molar-refractivity contribution is 0.0648. The van der Waals surface area contributed by atoms with Crippen molar-refractivity contribution in [2.24, 2.45) is 5.73 Å². The smallest absolute Gasteiger partial charge is 0.383 e. The van der Waals surface area contributed by atoms with E-state index in [1.165, 1.54) is 6.33 Å². The van der Waals surface area contributed by atoms with Gasteiger partial charge in [-0.3, -0.25) is 0 Å². The van der Waals surface area contributed by atoms with E-state index in [9.17, 15) is 4.57 Å². The summed E-state index contributed by atoms with van der Waals surface area (Å²) in [5, 5.41) is 0.691. The molecule has 1 aliphatic rings. The van der Waals surface area contributed by atoms with Crippen molar-refractivity contribution >= 4 is 25.1 Å². The Morgan fingerprint density at radius 3 is 3.12 bits per heavy atom. The Bertz CT molecular complexity index is 828. The van der Waals surface area contributed by atoms with Crippen LogP contribution in [0.25, 0.3) is 11.0 Å². The van der Waals surface area contributed by atoms with E-state index in [2.05, 4.69) is 21.8 Å². The maximum Gasteiger partial charge on any atom is 0.694 e. The van der Waals surface area contributed by atoms with Crippen LogP contribution in [0.3, 0.4) is 0 Å². The molecule has 2 unspecified atom stereocenters. The molecule has 5 N–H and O–H groups in total. The third-order valence-electron chi connectivity index (χ3n) is 3.79. The molecule has 1 aliphatic heterocycles. The Kier molecular flexibility index (Phi) is 5.04. The lowest BCUT2D eigenvalue weighted by Crippen LogP contribution is -2.12. The van der Waals surface area contributed by atoms with Crippen molar-refractivity contribution in [3.63, 3.8) is 0 Å². The molecule has 0 amide bonds. The molecule has 0 bridgehead atoms. The standard InChI is InChI=1S/C14H16N5O4P/c15-3-1-2-9-5-19(14-12(9)13(16)17-8-18-14)10-4-11(22-6-10)7-23-24(20)21/h5,8,10-11H,3-4,6-7,15H2,(H2-,16,17,18,20,21)/p+1/t10?,11-/m0/s1. The zero-order chi connectivity index (χ0) is 17.1. The number of nitrogen functional groups attached to an aromatic ring is 1. The summed E-state index contributed by atoms with van der Waals surface area (Å²) in [6.07, 6.45) is 3.64. The fraction of sp³-hybridized carbons (Fsp3) is 0.429. The maximum absolute atomic E-state index is 10.6. The number of nitrogens with zero attached hydrogens (tertiary/aromatic N) is 3. The largest absolute Gasteiger partial charge is 0.694 e. The fourth-order valence-corrected chi connectivity index (χ4v) is 3.07. The number of rotatable bonds is 4. The van der Waals surface area contributed by atoms with Crippen molar-refractivity contribution in [1.82, 2.24) is 14.5 Å². The van der Waals surface area contributed by atoms with Crippen LogP contribution in [0.2, 0.25) is 0 Å². The van der Waals surface area contributed by atoms with Gasteiger partial charge in [0.15, 0.2) is 0 Å². The minimum absolute atomic E-state index is 0.000370. The normalized spacial score (nSPS) is 20.8. The molecule has 0 aliphatic carbocycles. The quantitative estimate of drug-likeness (QED) is 0.529. The second-order valence-electron chi connectivity index (χ2n) is 5.29. The van der Waals surface area contributed by atoms with Crippen LogP contribution in [0.15, 0.2) is 12.5 Å². The zero-order valence-electron chi connectivity index (χ0n) is 12.8. The van der Waals surface area contributed by atoms with E-state index < -0.39 is 8.25 Å². The minimum Gasteiger partial charge on any atom is -0.383 e. The van der Waals surface area contributed by atoms with E-state index in [-0.39, 0.29) is 25.3 Å². The molecule has 3 atom stereocenters. The third kappa shape index (κ3) is 3.38. The van der Waals surface area contributed by atoms with Crippen LogP contribution in [0, 0.1) is 11.8 Å². The first-order valence-corrected chi connectivity index (χ1v) is 8.43. The molecule has 0 saturated carbocycles. The average molecular weight is 350 g/mol. The van der Waals surface area contributed by atoms with Crippen LogP contribution in [-0.4, -0.2) is 45.3 Å². The van der Waals surface area contributed by atoms with Gasteiger partial charge in [0, 0.05) is 10.8 Å². The van der Waals surface area contributed by atoms with Crippen molar-refractivity contribution in [1.29, 1.82) is 0 Å². The van der Waals surface area contributed by atoms with Crippen LogP contribution >= 0.6 is 8.25 Å². The topological polar surface area (TPSA) is 139 Å². The van der Waals surface area contributed by atoms with Gasteiger partial charge in [0.2, 0.25) is 0 Å². The molecule has 0 aromatic carbocycles. The van der Waals surface area contributed by atoms with E-state index in [0.29, 0.717) is 35.4 Å². The molecule has 2 aromatic rings. The van der Waals surface area contributed by atoms with Gasteiger partial charge >= 0.3 is 8.25 Å². The Morgan fingerprint density at radius 2 is 2.38 bits per heavy atom. The van der Waals surface area contributed by atoms with Crippen LogP contribution in [0.1, 0.15) is 18.0 Å². The Labute approximate surface area is 138 Å². The van der Waals surface area contributed by atoms with Gasteiger partial charge in [-0.05, 0) is 6.42 Å². The molecule has 9 nitrogen and oxygen atoms in total. The summed E-state index contributed by atoms with van der Waals surface area (Å²) < 4.78 is 22.9. The molecule has 3 heterocycles. The molecule has 1 saturated heterocycles. The van der Waals surface area contributed by atoms with E-state index in [4.69, 9.17) is 25.6 Å². The van der Waals surface area contributed by atoms with Crippen molar-refractivity contribution in [3.8, 4) is 11.8 Å². The highest BCUT2D eigenvalue weighted by Gasteiger charge is 2.31. The number of ether oxygens (including phenoxy) is 1. The monoisotopic (exact) mass is 350 g/mol. The Morgan fingerprint density at radius 1 is 1.54 bits per heavy atom. The average Bonchev–Trinajstić information content (AvgIpc) is 3.16. The highest BCUT2D eigenvalue weighted by molar-refractivity contribution is 7.32. The summed E-state index contributed by atoms with van der Waals surface area (Å²) in [7, 11) is -2.62. The van der Waals surface area contributed by atoms with Gasteiger partial charge in [-0.15, -0.1) is 9.42 Å². The first kappa shape index (κ1) is 16.8. The number of aromatic nitrogens is 3. The van der Waals surface area contributed by atoms with Crippen molar-refractivity contribution < 1.29 is 18.7 Å². The number of hydrogen-bond acceptors (Lipinski definition) is 7. The van der Waals surface area contributed by atoms with Gasteiger partial charge < -0.3 is 20.8 Å². The zero-order valence-corrected chi connectivity index (χ0v) is 13.6. The summed E-state index contributed by atoms with van der Waals surface area (Å²) in [4.78, 5) is 17.1. The first-order valence-electron chi connectivity index (χ1n) is 7.30. The van der Waals surface area contributed by atoms with Gasteiger partial charge in [-0.2, -0.15) is 0 Å². The van der Waals surface area contributed by atoms with E-state index >= 15 is 0 Å². The predicted octanol–water partition coefficient (Wildman–Crippen LogP) is 0.320. The van der Waals surface area contributed by atoms with Crippen molar-refractivity contribution in [3.05, 3.63) is 18.1 Å². The molecule has 126 valence electrons. The lowest BCUT2D eigenvalue weighted by Gasteiger charge is -2.11. The SMILES string of the molecule is NCC#Cc1cn(C2CO[C@H](CO[P+](=O)O)C2)c2ncnc(N)c12. The van der Waals surface area contributed by atoms with Crippen molar-refractivity contribution in [2.75, 3.05) is 25.5 Å². The highest BCUT2D eigenvalue weighted by atomic mass is 31.1. The lowest BCUT2D eigenvalue weighted by atomic mass is 10.2. The second-order valence-corrected chi connectivity index (χ2v) is 6.03. The molecule has 3 rings (SSSR count).